The third kappa shape index (κ3) is 3.13. The summed E-state index contributed by atoms with van der Waals surface area (Å²) < 4.78 is 5.49. The zero-order chi connectivity index (χ0) is 18.3. The van der Waals surface area contributed by atoms with Gasteiger partial charge in [-0.3, -0.25) is 9.69 Å². The highest BCUT2D eigenvalue weighted by Gasteiger charge is 2.47. The van der Waals surface area contributed by atoms with E-state index in [1.165, 1.54) is 0 Å². The normalized spacial score (nSPS) is 18.7. The summed E-state index contributed by atoms with van der Waals surface area (Å²) >= 11 is 12.2. The van der Waals surface area contributed by atoms with E-state index in [4.69, 9.17) is 27.9 Å². The van der Waals surface area contributed by atoms with Gasteiger partial charge in [-0.2, -0.15) is 0 Å². The van der Waals surface area contributed by atoms with E-state index < -0.39 is 0 Å². The van der Waals surface area contributed by atoms with Gasteiger partial charge < -0.3 is 10.1 Å². The molecule has 0 aromatic carbocycles. The van der Waals surface area contributed by atoms with Gasteiger partial charge in [0.25, 0.3) is 0 Å². The summed E-state index contributed by atoms with van der Waals surface area (Å²) in [5.74, 6) is 0.717. The number of likely N-dealkylation sites (tertiary alicyclic amines) is 1. The Balaban J connectivity index is 1.51. The quantitative estimate of drug-likeness (QED) is 0.810. The summed E-state index contributed by atoms with van der Waals surface area (Å²) in [6.45, 7) is 3.32. The molecule has 1 spiro atoms. The molecule has 6 nitrogen and oxygen atoms in total. The topological polar surface area (TPSA) is 67.4 Å². The molecule has 2 aromatic rings. The third-order valence-corrected chi connectivity index (χ3v) is 5.73. The van der Waals surface area contributed by atoms with E-state index >= 15 is 0 Å². The number of nitrogens with zero attached hydrogens (tertiary/aromatic N) is 3. The van der Waals surface area contributed by atoms with Gasteiger partial charge in [0.15, 0.2) is 0 Å². The maximum atomic E-state index is 11.5. The molecule has 2 aromatic heterocycles. The average molecular weight is 393 g/mol. The van der Waals surface area contributed by atoms with Crippen LogP contribution in [-0.4, -0.2) is 47.5 Å². The molecule has 26 heavy (non-hydrogen) atoms. The smallest absolute Gasteiger partial charge is 0.220 e. The number of carbonyl (C=O) groups excluding carboxylic acids is 1. The maximum absolute atomic E-state index is 11.5. The first-order chi connectivity index (χ1) is 12.5. The van der Waals surface area contributed by atoms with E-state index in [9.17, 15) is 4.79 Å². The van der Waals surface area contributed by atoms with Crippen molar-refractivity contribution in [1.82, 2.24) is 20.2 Å². The molecule has 2 saturated heterocycles. The fraction of sp³-hybridized carbons (Fsp3) is 0.389. The molecule has 136 valence electrons. The number of hydrogen-bond donors (Lipinski definition) is 1. The Bertz CT molecular complexity index is 868. The van der Waals surface area contributed by atoms with E-state index in [0.29, 0.717) is 23.0 Å². The lowest BCUT2D eigenvalue weighted by Gasteiger charge is -2.47. The van der Waals surface area contributed by atoms with Crippen LogP contribution in [-0.2, 0) is 11.3 Å². The van der Waals surface area contributed by atoms with Crippen LogP contribution in [0.15, 0.2) is 24.4 Å². The van der Waals surface area contributed by atoms with E-state index in [-0.39, 0.29) is 16.5 Å². The Labute approximate surface area is 161 Å². The number of amides is 1. The lowest BCUT2D eigenvalue weighted by Crippen LogP contribution is -2.56. The number of carbonyl (C=O) groups is 1. The van der Waals surface area contributed by atoms with Gasteiger partial charge in [0.1, 0.15) is 5.15 Å². The summed E-state index contributed by atoms with van der Waals surface area (Å²) in [4.78, 5) is 22.3. The van der Waals surface area contributed by atoms with E-state index in [1.54, 1.807) is 19.4 Å². The highest BCUT2D eigenvalue weighted by molar-refractivity contribution is 6.42. The Morgan fingerprint density at radius 1 is 1.31 bits per heavy atom. The average Bonchev–Trinajstić information content (AvgIpc) is 2.99. The first-order valence-corrected chi connectivity index (χ1v) is 9.09. The monoisotopic (exact) mass is 392 g/mol. The van der Waals surface area contributed by atoms with Gasteiger partial charge in [-0.25, -0.2) is 9.97 Å². The predicted molar refractivity (Wildman–Crippen MR) is 99.4 cm³/mol. The molecule has 1 amide bonds. The molecule has 4 heterocycles. The summed E-state index contributed by atoms with van der Waals surface area (Å²) in [7, 11) is 1.61. The second-order valence-corrected chi connectivity index (χ2v) is 7.66. The Morgan fingerprint density at radius 2 is 2.12 bits per heavy atom. The third-order valence-electron chi connectivity index (χ3n) is 4.96. The molecule has 0 radical (unpaired) electrons. The number of methoxy groups -OCH3 is 1. The molecule has 4 rings (SSSR count). The van der Waals surface area contributed by atoms with Crippen molar-refractivity contribution in [3.63, 3.8) is 0 Å². The Kier molecular flexibility index (Phi) is 4.50. The number of halogens is 2. The Hall–Kier alpha value is -1.89. The molecule has 2 aliphatic rings. The molecule has 8 heteroatoms. The molecule has 0 aliphatic carbocycles. The van der Waals surface area contributed by atoms with Crippen LogP contribution in [0, 0.1) is 5.41 Å². The Morgan fingerprint density at radius 3 is 2.81 bits per heavy atom. The lowest BCUT2D eigenvalue weighted by molar-refractivity contribution is -0.120. The molecule has 0 saturated carbocycles. The van der Waals surface area contributed by atoms with Crippen LogP contribution in [0.5, 0.6) is 5.88 Å². The molecular weight excluding hydrogens is 375 g/mol. The molecule has 0 bridgehead atoms. The van der Waals surface area contributed by atoms with Crippen molar-refractivity contribution < 1.29 is 9.53 Å². The number of hydrogen-bond acceptors (Lipinski definition) is 5. The summed E-state index contributed by atoms with van der Waals surface area (Å²) in [6, 6.07) is 5.68. The van der Waals surface area contributed by atoms with Gasteiger partial charge in [-0.05, 0) is 12.1 Å². The fourth-order valence-electron chi connectivity index (χ4n) is 3.76. The predicted octanol–water partition coefficient (Wildman–Crippen LogP) is 2.78. The van der Waals surface area contributed by atoms with Crippen LogP contribution in [0.4, 0.5) is 0 Å². The molecule has 0 unspecified atom stereocenters. The minimum atomic E-state index is 0.110. The van der Waals surface area contributed by atoms with Gasteiger partial charge in [0.05, 0.1) is 17.8 Å². The van der Waals surface area contributed by atoms with E-state index in [1.807, 2.05) is 12.1 Å². The van der Waals surface area contributed by atoms with Gasteiger partial charge in [-0.1, -0.05) is 29.3 Å². The van der Waals surface area contributed by atoms with Crippen LogP contribution < -0.4 is 10.1 Å². The largest absolute Gasteiger partial charge is 0.481 e. The molecule has 2 aliphatic heterocycles. The fourth-order valence-corrected chi connectivity index (χ4v) is 4.13. The second-order valence-electron chi connectivity index (χ2n) is 6.93. The van der Waals surface area contributed by atoms with Gasteiger partial charge in [0, 0.05) is 55.3 Å². The van der Waals surface area contributed by atoms with Crippen molar-refractivity contribution in [1.29, 1.82) is 0 Å². The summed E-state index contributed by atoms with van der Waals surface area (Å²) in [6.07, 6.45) is 2.22. The minimum absolute atomic E-state index is 0.110. The standard InChI is InChI=1S/C18H18Cl2N4O2/c1-26-17-11(7-24-9-18(10-24)6-14(25)22-8-18)2-3-13(23-17)12-4-5-21-16(20)15(12)19/h2-5H,6-10H2,1H3,(H,22,25). The highest BCUT2D eigenvalue weighted by atomic mass is 35.5. The maximum Gasteiger partial charge on any atom is 0.220 e. The van der Waals surface area contributed by atoms with Crippen LogP contribution in [0.2, 0.25) is 10.2 Å². The van der Waals surface area contributed by atoms with Crippen molar-refractivity contribution in [2.75, 3.05) is 26.7 Å². The van der Waals surface area contributed by atoms with E-state index in [2.05, 4.69) is 20.2 Å². The van der Waals surface area contributed by atoms with Crippen LogP contribution in [0.1, 0.15) is 12.0 Å². The zero-order valence-electron chi connectivity index (χ0n) is 14.3. The SMILES string of the molecule is COc1nc(-c2ccnc(Cl)c2Cl)ccc1CN1CC2(CNC(=O)C2)C1. The first kappa shape index (κ1) is 17.5. The van der Waals surface area contributed by atoms with Crippen LogP contribution in [0.25, 0.3) is 11.3 Å². The second kappa shape index (κ2) is 6.68. The van der Waals surface area contributed by atoms with Crippen molar-refractivity contribution in [3.05, 3.63) is 40.1 Å². The van der Waals surface area contributed by atoms with E-state index in [0.717, 1.165) is 37.3 Å². The number of pyridine rings is 2. The molecular formula is C18H18Cl2N4O2. The summed E-state index contributed by atoms with van der Waals surface area (Å²) in [5, 5.41) is 3.55. The minimum Gasteiger partial charge on any atom is -0.481 e. The van der Waals surface area contributed by atoms with Crippen molar-refractivity contribution in [3.8, 4) is 17.1 Å². The number of rotatable bonds is 4. The highest BCUT2D eigenvalue weighted by Crippen LogP contribution is 2.38. The van der Waals surface area contributed by atoms with Crippen molar-refractivity contribution in [2.45, 2.75) is 13.0 Å². The van der Waals surface area contributed by atoms with Gasteiger partial charge >= 0.3 is 0 Å². The van der Waals surface area contributed by atoms with Crippen LogP contribution >= 0.6 is 23.2 Å². The molecule has 2 fully saturated rings. The number of aromatic nitrogens is 2. The molecule has 0 atom stereocenters. The number of ether oxygens (including phenoxy) is 1. The number of nitrogens with one attached hydrogen (secondary N) is 1. The first-order valence-electron chi connectivity index (χ1n) is 8.33. The van der Waals surface area contributed by atoms with Gasteiger partial charge in [-0.15, -0.1) is 0 Å². The zero-order valence-corrected chi connectivity index (χ0v) is 15.8. The van der Waals surface area contributed by atoms with Gasteiger partial charge in [0.2, 0.25) is 11.8 Å². The van der Waals surface area contributed by atoms with Crippen molar-refractivity contribution in [2.24, 2.45) is 5.41 Å². The van der Waals surface area contributed by atoms with Crippen LogP contribution in [0.3, 0.4) is 0 Å². The summed E-state index contributed by atoms with van der Waals surface area (Å²) in [5.41, 5.74) is 2.51. The lowest BCUT2D eigenvalue weighted by atomic mass is 9.79. The van der Waals surface area contributed by atoms with Crippen molar-refractivity contribution >= 4 is 29.1 Å². The molecule has 1 N–H and O–H groups in total.